The van der Waals surface area contributed by atoms with Crippen molar-refractivity contribution in [2.24, 2.45) is 11.1 Å². The van der Waals surface area contributed by atoms with Crippen LogP contribution in [0.3, 0.4) is 0 Å². The Morgan fingerprint density at radius 1 is 1.21 bits per heavy atom. The first kappa shape index (κ1) is 23.4. The third kappa shape index (κ3) is 5.84. The summed E-state index contributed by atoms with van der Waals surface area (Å²) in [6.07, 6.45) is 5.83. The van der Waals surface area contributed by atoms with E-state index in [2.05, 4.69) is 5.32 Å². The molecule has 1 saturated heterocycles. The maximum atomic E-state index is 12.8. The van der Waals surface area contributed by atoms with E-state index in [1.54, 1.807) is 30.2 Å². The molecule has 162 valence electrons. The molecule has 1 heterocycles. The van der Waals surface area contributed by atoms with Crippen molar-refractivity contribution in [1.82, 2.24) is 4.90 Å². The Labute approximate surface area is 178 Å². The molecule has 1 aliphatic carbocycles. The highest BCUT2D eigenvalue weighted by atomic mass is 35.5. The Morgan fingerprint density at radius 3 is 2.52 bits per heavy atom. The molecule has 3 N–H and O–H groups in total. The minimum Gasteiger partial charge on any atom is -0.495 e. The molecule has 0 aromatic heterocycles. The Balaban J connectivity index is 0.00000300. The number of anilines is 1. The number of carbonyl (C=O) groups excluding carboxylic acids is 2. The Kier molecular flexibility index (Phi) is 8.74. The number of nitrogens with zero attached hydrogens (tertiary/aromatic N) is 1. The molecule has 0 spiro atoms. The fraction of sp³-hybridized carbons (Fsp3) is 0.619. The number of benzene rings is 1. The van der Waals surface area contributed by atoms with Crippen LogP contribution in [0.5, 0.6) is 5.75 Å². The lowest BCUT2D eigenvalue weighted by atomic mass is 9.71. The van der Waals surface area contributed by atoms with Crippen LogP contribution >= 0.6 is 12.4 Å². The van der Waals surface area contributed by atoms with Gasteiger partial charge in [0.25, 0.3) is 5.91 Å². The van der Waals surface area contributed by atoms with E-state index in [9.17, 15) is 9.59 Å². The minimum atomic E-state index is -0.114. The number of amides is 2. The summed E-state index contributed by atoms with van der Waals surface area (Å²) in [5, 5.41) is 2.95. The first-order valence-electron chi connectivity index (χ1n) is 10.1. The van der Waals surface area contributed by atoms with Crippen molar-refractivity contribution >= 4 is 29.9 Å². The van der Waals surface area contributed by atoms with Gasteiger partial charge in [-0.3, -0.25) is 9.59 Å². The van der Waals surface area contributed by atoms with Gasteiger partial charge in [0, 0.05) is 25.1 Å². The molecule has 2 amide bonds. The van der Waals surface area contributed by atoms with Crippen molar-refractivity contribution in [2.75, 3.05) is 45.3 Å². The molecule has 29 heavy (non-hydrogen) atoms. The van der Waals surface area contributed by atoms with E-state index >= 15 is 0 Å². The number of nitrogens with two attached hydrogens (primary N) is 1. The highest BCUT2D eigenvalue weighted by Gasteiger charge is 2.33. The number of halogens is 1. The van der Waals surface area contributed by atoms with Crippen LogP contribution in [0.2, 0.25) is 0 Å². The van der Waals surface area contributed by atoms with Crippen LogP contribution in [0.1, 0.15) is 48.9 Å². The SMILES string of the molecule is COc1ccc(C(=O)N2CCOCC2)cc1NC(=O)CC1(CN)CCCCC1.Cl. The predicted octanol–water partition coefficient (Wildman–Crippen LogP) is 2.83. The van der Waals surface area contributed by atoms with Crippen molar-refractivity contribution in [3.8, 4) is 5.75 Å². The number of carbonyl (C=O) groups is 2. The topological polar surface area (TPSA) is 93.9 Å². The molecule has 3 rings (SSSR count). The number of nitrogens with one attached hydrogen (secondary N) is 1. The van der Waals surface area contributed by atoms with Crippen LogP contribution in [0.4, 0.5) is 5.69 Å². The van der Waals surface area contributed by atoms with Gasteiger partial charge in [-0.1, -0.05) is 19.3 Å². The van der Waals surface area contributed by atoms with Gasteiger partial charge in [0.05, 0.1) is 26.0 Å². The normalized spacial score (nSPS) is 18.5. The fourth-order valence-corrected chi connectivity index (χ4v) is 4.18. The quantitative estimate of drug-likeness (QED) is 0.730. The lowest BCUT2D eigenvalue weighted by molar-refractivity contribution is -0.118. The summed E-state index contributed by atoms with van der Waals surface area (Å²) in [6, 6.07) is 5.15. The average Bonchev–Trinajstić information content (AvgIpc) is 2.74. The molecule has 1 aromatic rings. The van der Waals surface area contributed by atoms with E-state index in [1.807, 2.05) is 0 Å². The molecule has 2 aliphatic rings. The van der Waals surface area contributed by atoms with Crippen LogP contribution < -0.4 is 15.8 Å². The summed E-state index contributed by atoms with van der Waals surface area (Å²) in [5.74, 6) is 0.395. The van der Waals surface area contributed by atoms with Gasteiger partial charge in [-0.05, 0) is 43.0 Å². The lowest BCUT2D eigenvalue weighted by Crippen LogP contribution is -2.40. The second-order valence-electron chi connectivity index (χ2n) is 7.81. The second-order valence-corrected chi connectivity index (χ2v) is 7.81. The lowest BCUT2D eigenvalue weighted by Gasteiger charge is -2.35. The van der Waals surface area contributed by atoms with E-state index in [4.69, 9.17) is 15.2 Å². The van der Waals surface area contributed by atoms with Gasteiger partial charge < -0.3 is 25.4 Å². The largest absolute Gasteiger partial charge is 0.495 e. The zero-order chi connectivity index (χ0) is 20.0. The van der Waals surface area contributed by atoms with Crippen LogP contribution in [0.15, 0.2) is 18.2 Å². The molecule has 0 radical (unpaired) electrons. The first-order valence-corrected chi connectivity index (χ1v) is 10.1. The van der Waals surface area contributed by atoms with Gasteiger partial charge in [-0.2, -0.15) is 0 Å². The smallest absolute Gasteiger partial charge is 0.254 e. The molecule has 0 atom stereocenters. The number of rotatable bonds is 6. The Morgan fingerprint density at radius 2 is 1.90 bits per heavy atom. The summed E-state index contributed by atoms with van der Waals surface area (Å²) in [4.78, 5) is 27.3. The third-order valence-electron chi connectivity index (χ3n) is 5.90. The van der Waals surface area contributed by atoms with Crippen molar-refractivity contribution in [2.45, 2.75) is 38.5 Å². The maximum Gasteiger partial charge on any atom is 0.254 e. The molecule has 8 heteroatoms. The van der Waals surface area contributed by atoms with Gasteiger partial charge in [-0.25, -0.2) is 0 Å². The summed E-state index contributed by atoms with van der Waals surface area (Å²) in [7, 11) is 1.55. The molecule has 1 aliphatic heterocycles. The molecule has 0 unspecified atom stereocenters. The average molecular weight is 426 g/mol. The standard InChI is InChI=1S/C21H31N3O4.ClH/c1-27-18-6-5-16(20(26)24-9-11-28-12-10-24)13-17(18)23-19(25)14-21(15-22)7-3-2-4-8-21;/h5-6,13H,2-4,7-12,14-15,22H2,1H3,(H,23,25);1H. The van der Waals surface area contributed by atoms with Crippen molar-refractivity contribution in [3.05, 3.63) is 23.8 Å². The zero-order valence-electron chi connectivity index (χ0n) is 17.1. The first-order chi connectivity index (χ1) is 13.6. The fourth-order valence-electron chi connectivity index (χ4n) is 4.18. The summed E-state index contributed by atoms with van der Waals surface area (Å²) in [5.41, 5.74) is 6.96. The minimum absolute atomic E-state index is 0. The number of hydrogen-bond acceptors (Lipinski definition) is 5. The number of hydrogen-bond donors (Lipinski definition) is 2. The Bertz CT molecular complexity index is 701. The number of ether oxygens (including phenoxy) is 2. The summed E-state index contributed by atoms with van der Waals surface area (Å²) in [6.45, 7) is 2.77. The number of methoxy groups -OCH3 is 1. The van der Waals surface area contributed by atoms with E-state index in [1.165, 1.54) is 6.42 Å². The van der Waals surface area contributed by atoms with Gasteiger partial charge in [0.2, 0.25) is 5.91 Å². The highest BCUT2D eigenvalue weighted by molar-refractivity contribution is 5.98. The molecule has 2 fully saturated rings. The van der Waals surface area contributed by atoms with Gasteiger partial charge >= 0.3 is 0 Å². The summed E-state index contributed by atoms with van der Waals surface area (Å²) >= 11 is 0. The molecule has 7 nitrogen and oxygen atoms in total. The van der Waals surface area contributed by atoms with E-state index in [0.29, 0.717) is 56.3 Å². The van der Waals surface area contributed by atoms with E-state index < -0.39 is 0 Å². The zero-order valence-corrected chi connectivity index (χ0v) is 17.9. The third-order valence-corrected chi connectivity index (χ3v) is 5.90. The Hall–Kier alpha value is -1.83. The molecular formula is C21H32ClN3O4. The highest BCUT2D eigenvalue weighted by Crippen LogP contribution is 2.39. The van der Waals surface area contributed by atoms with E-state index in [-0.39, 0.29) is 29.6 Å². The van der Waals surface area contributed by atoms with Crippen LogP contribution in [-0.2, 0) is 9.53 Å². The molecule has 1 aromatic carbocycles. The van der Waals surface area contributed by atoms with Crippen molar-refractivity contribution in [1.29, 1.82) is 0 Å². The second kappa shape index (κ2) is 10.8. The van der Waals surface area contributed by atoms with Crippen LogP contribution in [0, 0.1) is 5.41 Å². The predicted molar refractivity (Wildman–Crippen MR) is 115 cm³/mol. The van der Waals surface area contributed by atoms with Crippen LogP contribution in [0.25, 0.3) is 0 Å². The van der Waals surface area contributed by atoms with Crippen molar-refractivity contribution in [3.63, 3.8) is 0 Å². The maximum absolute atomic E-state index is 12.8. The monoisotopic (exact) mass is 425 g/mol. The van der Waals surface area contributed by atoms with Crippen LogP contribution in [-0.4, -0.2) is 56.7 Å². The molecule has 0 bridgehead atoms. The molecule has 1 saturated carbocycles. The van der Waals surface area contributed by atoms with Gasteiger partial charge in [0.1, 0.15) is 5.75 Å². The molecular weight excluding hydrogens is 394 g/mol. The van der Waals surface area contributed by atoms with E-state index in [0.717, 1.165) is 25.7 Å². The summed E-state index contributed by atoms with van der Waals surface area (Å²) < 4.78 is 10.7. The van der Waals surface area contributed by atoms with Crippen molar-refractivity contribution < 1.29 is 19.1 Å². The van der Waals surface area contributed by atoms with Gasteiger partial charge in [-0.15, -0.1) is 12.4 Å². The number of morpholine rings is 1. The van der Waals surface area contributed by atoms with Gasteiger partial charge in [0.15, 0.2) is 0 Å².